The van der Waals surface area contributed by atoms with Gasteiger partial charge in [-0.2, -0.15) is 4.98 Å². The molecule has 4 rings (SSSR count). The lowest BCUT2D eigenvalue weighted by molar-refractivity contribution is -0.384. The average molecular weight is 416 g/mol. The molecule has 0 unspecified atom stereocenters. The molecule has 0 saturated carbocycles. The van der Waals surface area contributed by atoms with Crippen LogP contribution >= 0.6 is 0 Å². The summed E-state index contributed by atoms with van der Waals surface area (Å²) >= 11 is 0. The van der Waals surface area contributed by atoms with Crippen molar-refractivity contribution in [2.75, 3.05) is 18.9 Å². The van der Waals surface area contributed by atoms with E-state index in [0.29, 0.717) is 13.0 Å². The Morgan fingerprint density at radius 2 is 2.17 bits per heavy atom. The van der Waals surface area contributed by atoms with Crippen LogP contribution in [0.25, 0.3) is 11.2 Å². The van der Waals surface area contributed by atoms with Gasteiger partial charge in [0.05, 0.1) is 30.6 Å². The van der Waals surface area contributed by atoms with Crippen molar-refractivity contribution >= 4 is 22.8 Å². The number of aromatic nitrogens is 4. The predicted molar refractivity (Wildman–Crippen MR) is 105 cm³/mol. The maximum absolute atomic E-state index is 11.9. The number of nitrogens with two attached hydrogens (primary N) is 1. The summed E-state index contributed by atoms with van der Waals surface area (Å²) in [4.78, 5) is 32.7. The number of aromatic amines is 1. The van der Waals surface area contributed by atoms with Crippen molar-refractivity contribution in [2.45, 2.75) is 31.3 Å². The third-order valence-corrected chi connectivity index (χ3v) is 4.93. The van der Waals surface area contributed by atoms with Crippen LogP contribution in [0.3, 0.4) is 0 Å². The van der Waals surface area contributed by atoms with Gasteiger partial charge in [-0.25, -0.2) is 4.98 Å². The van der Waals surface area contributed by atoms with Crippen LogP contribution in [0.15, 0.2) is 35.4 Å². The number of anilines is 1. The molecule has 0 spiro atoms. The molecule has 2 aromatic heterocycles. The number of benzene rings is 1. The molecule has 12 nitrogen and oxygen atoms in total. The number of nitrogens with zero attached hydrogens (tertiary/aromatic N) is 4. The van der Waals surface area contributed by atoms with E-state index in [1.165, 1.54) is 18.5 Å². The van der Waals surface area contributed by atoms with Crippen molar-refractivity contribution < 1.29 is 19.5 Å². The highest BCUT2D eigenvalue weighted by Gasteiger charge is 2.36. The van der Waals surface area contributed by atoms with E-state index in [1.807, 2.05) is 0 Å². The van der Waals surface area contributed by atoms with Crippen LogP contribution in [0, 0.1) is 10.1 Å². The van der Waals surface area contributed by atoms with Gasteiger partial charge in [-0.3, -0.25) is 24.5 Å². The Kier molecular flexibility index (Phi) is 5.44. The Bertz CT molecular complexity index is 1110. The highest BCUT2D eigenvalue weighted by molar-refractivity contribution is 5.70. The van der Waals surface area contributed by atoms with Crippen LogP contribution in [0.1, 0.15) is 18.2 Å². The molecule has 158 valence electrons. The fourth-order valence-electron chi connectivity index (χ4n) is 3.36. The molecular formula is C18H20N6O6. The van der Waals surface area contributed by atoms with Crippen molar-refractivity contribution in [1.29, 1.82) is 0 Å². The summed E-state index contributed by atoms with van der Waals surface area (Å²) in [5, 5.41) is 21.0. The minimum absolute atomic E-state index is 0.0288. The first kappa shape index (κ1) is 19.9. The smallest absolute Gasteiger partial charge is 0.280 e. The molecule has 30 heavy (non-hydrogen) atoms. The first-order valence-electron chi connectivity index (χ1n) is 9.29. The van der Waals surface area contributed by atoms with E-state index in [-0.39, 0.29) is 35.8 Å². The zero-order valence-electron chi connectivity index (χ0n) is 15.8. The Labute approximate surface area is 169 Å². The molecule has 0 aliphatic carbocycles. The monoisotopic (exact) mass is 416 g/mol. The van der Waals surface area contributed by atoms with Crippen molar-refractivity contribution in [2.24, 2.45) is 0 Å². The predicted octanol–water partition coefficient (Wildman–Crippen LogP) is 0.518. The number of rotatable bonds is 7. The minimum Gasteiger partial charge on any atom is -0.390 e. The number of nitro benzene ring substituents is 1. The van der Waals surface area contributed by atoms with Crippen LogP contribution in [-0.4, -0.2) is 55.0 Å². The first-order chi connectivity index (χ1) is 14.4. The number of fused-ring (bicyclic) bond motifs is 1. The summed E-state index contributed by atoms with van der Waals surface area (Å²) in [6.45, 7) is 0.546. The number of nitro groups is 1. The van der Waals surface area contributed by atoms with Crippen LogP contribution in [-0.2, 0) is 15.9 Å². The van der Waals surface area contributed by atoms with Gasteiger partial charge < -0.3 is 20.3 Å². The number of nitrogens with one attached hydrogen (secondary N) is 1. The van der Waals surface area contributed by atoms with Gasteiger partial charge in [-0.05, 0) is 12.0 Å². The molecule has 4 N–H and O–H groups in total. The van der Waals surface area contributed by atoms with Crippen molar-refractivity contribution in [3.05, 3.63) is 56.6 Å². The van der Waals surface area contributed by atoms with Crippen LogP contribution in [0.5, 0.6) is 0 Å². The molecule has 1 saturated heterocycles. The number of H-pyrrole nitrogens is 1. The zero-order valence-corrected chi connectivity index (χ0v) is 15.8. The first-order valence-corrected chi connectivity index (χ1v) is 9.29. The highest BCUT2D eigenvalue weighted by atomic mass is 16.6. The summed E-state index contributed by atoms with van der Waals surface area (Å²) in [6.07, 6.45) is 0.428. The molecule has 3 heterocycles. The summed E-state index contributed by atoms with van der Waals surface area (Å²) < 4.78 is 13.1. The van der Waals surface area contributed by atoms with E-state index in [0.717, 1.165) is 5.56 Å². The molecule has 1 fully saturated rings. The molecule has 1 aromatic carbocycles. The summed E-state index contributed by atoms with van der Waals surface area (Å²) in [7, 11) is 0. The lowest BCUT2D eigenvalue weighted by atomic mass is 10.1. The second-order valence-corrected chi connectivity index (χ2v) is 6.96. The summed E-state index contributed by atoms with van der Waals surface area (Å²) in [6, 6.07) is 6.27. The molecule has 3 aromatic rings. The van der Waals surface area contributed by atoms with Gasteiger partial charge in [-0.1, -0.05) is 12.1 Å². The number of imidazole rings is 1. The number of aliphatic hydroxyl groups is 1. The fourth-order valence-corrected chi connectivity index (χ4v) is 3.36. The maximum atomic E-state index is 11.9. The van der Waals surface area contributed by atoms with Gasteiger partial charge in [0.15, 0.2) is 11.2 Å². The lowest BCUT2D eigenvalue weighted by Crippen LogP contribution is -2.26. The van der Waals surface area contributed by atoms with Gasteiger partial charge >= 0.3 is 0 Å². The molecule has 1 aliphatic heterocycles. The van der Waals surface area contributed by atoms with E-state index in [1.54, 1.807) is 16.7 Å². The Hall–Kier alpha value is -3.35. The van der Waals surface area contributed by atoms with E-state index in [4.69, 9.17) is 15.2 Å². The van der Waals surface area contributed by atoms with Crippen molar-refractivity contribution in [3.8, 4) is 0 Å². The van der Waals surface area contributed by atoms with E-state index in [9.17, 15) is 20.0 Å². The standard InChI is InChI=1S/C18H20N6O6/c19-18-21-16-15(17(26)22-18)20-9-23(16)14-7-12(25)13(30-14)8-29-6-5-10-1-3-11(4-2-10)24(27)28/h1-4,9,12-14,25H,5-8H2,(H3,19,21,22,26)/t12-,13+,14+/m0/s1. The molecule has 3 atom stereocenters. The normalized spacial score (nSPS) is 21.3. The molecule has 0 bridgehead atoms. The number of ether oxygens (including phenoxy) is 2. The quantitative estimate of drug-likeness (QED) is 0.282. The van der Waals surface area contributed by atoms with E-state index in [2.05, 4.69) is 15.0 Å². The third-order valence-electron chi connectivity index (χ3n) is 4.93. The second kappa shape index (κ2) is 8.18. The number of hydrogen-bond acceptors (Lipinski definition) is 9. The molecule has 0 amide bonds. The zero-order chi connectivity index (χ0) is 21.3. The topological polar surface area (TPSA) is 171 Å². The molecule has 1 aliphatic rings. The van der Waals surface area contributed by atoms with Gasteiger partial charge in [0.25, 0.3) is 11.2 Å². The van der Waals surface area contributed by atoms with Gasteiger partial charge in [0.1, 0.15) is 12.3 Å². The highest BCUT2D eigenvalue weighted by Crippen LogP contribution is 2.30. The average Bonchev–Trinajstić information content (AvgIpc) is 3.29. The van der Waals surface area contributed by atoms with Crippen LogP contribution in [0.2, 0.25) is 0 Å². The fraction of sp³-hybridized carbons (Fsp3) is 0.389. The summed E-state index contributed by atoms with van der Waals surface area (Å²) in [5.74, 6) is -0.0288. The van der Waals surface area contributed by atoms with E-state index >= 15 is 0 Å². The molecular weight excluding hydrogens is 396 g/mol. The summed E-state index contributed by atoms with van der Waals surface area (Å²) in [5.41, 5.74) is 6.54. The third kappa shape index (κ3) is 4.01. The minimum atomic E-state index is -0.758. The van der Waals surface area contributed by atoms with Gasteiger partial charge in [0, 0.05) is 18.6 Å². The molecule has 12 heteroatoms. The van der Waals surface area contributed by atoms with Gasteiger partial charge in [-0.15, -0.1) is 0 Å². The van der Waals surface area contributed by atoms with Gasteiger partial charge in [0.2, 0.25) is 5.95 Å². The van der Waals surface area contributed by atoms with Crippen LogP contribution in [0.4, 0.5) is 11.6 Å². The number of non-ortho nitro benzene ring substituents is 1. The van der Waals surface area contributed by atoms with Crippen molar-refractivity contribution in [1.82, 2.24) is 19.5 Å². The Balaban J connectivity index is 1.33. The SMILES string of the molecule is Nc1nc2c(ncn2[C@H]2C[C@H](O)[C@@H](COCCc3ccc([N+](=O)[O-])cc3)O2)c(=O)[nH]1. The number of hydrogen-bond donors (Lipinski definition) is 3. The molecule has 0 radical (unpaired) electrons. The largest absolute Gasteiger partial charge is 0.390 e. The maximum Gasteiger partial charge on any atom is 0.280 e. The van der Waals surface area contributed by atoms with E-state index < -0.39 is 28.9 Å². The second-order valence-electron chi connectivity index (χ2n) is 6.96. The number of aliphatic hydroxyl groups excluding tert-OH is 1. The Morgan fingerprint density at radius 1 is 1.40 bits per heavy atom. The number of nitrogen functional groups attached to an aromatic ring is 1. The van der Waals surface area contributed by atoms with Crippen LogP contribution < -0.4 is 11.3 Å². The van der Waals surface area contributed by atoms with Crippen molar-refractivity contribution in [3.63, 3.8) is 0 Å². The lowest BCUT2D eigenvalue weighted by Gasteiger charge is -2.16. The Morgan fingerprint density at radius 3 is 2.90 bits per heavy atom.